The van der Waals surface area contributed by atoms with Crippen molar-refractivity contribution in [3.8, 4) is 11.5 Å². The van der Waals surface area contributed by atoms with Crippen LogP contribution in [0.25, 0.3) is 6.08 Å². The Hall–Kier alpha value is -2.60. The summed E-state index contributed by atoms with van der Waals surface area (Å²) in [5, 5.41) is 0. The maximum absolute atomic E-state index is 12.0. The minimum Gasteiger partial charge on any atom is -0.497 e. The summed E-state index contributed by atoms with van der Waals surface area (Å²) in [4.78, 5) is 16.3. The first-order valence-electron chi connectivity index (χ1n) is 7.11. The van der Waals surface area contributed by atoms with E-state index < -0.39 is 5.97 Å². The molecule has 3 rings (SSSR count). The van der Waals surface area contributed by atoms with Crippen LogP contribution in [0, 0.1) is 0 Å². The molecule has 5 nitrogen and oxygen atoms in total. The molecule has 0 bridgehead atoms. The molecule has 122 valence electrons. The van der Waals surface area contributed by atoms with Gasteiger partial charge >= 0.3 is 5.97 Å². The van der Waals surface area contributed by atoms with Crippen LogP contribution in [0.4, 0.5) is 0 Å². The molecule has 1 heterocycles. The third-order valence-electron chi connectivity index (χ3n) is 3.44. The van der Waals surface area contributed by atoms with Gasteiger partial charge in [0.2, 0.25) is 5.90 Å². The second kappa shape index (κ2) is 6.88. The van der Waals surface area contributed by atoms with Gasteiger partial charge < -0.3 is 14.2 Å². The lowest BCUT2D eigenvalue weighted by Crippen LogP contribution is -2.05. The molecule has 0 aromatic heterocycles. The highest BCUT2D eigenvalue weighted by atomic mass is 79.9. The Morgan fingerprint density at radius 2 is 1.83 bits per heavy atom. The zero-order valence-electron chi connectivity index (χ0n) is 13.1. The second-order valence-corrected chi connectivity index (χ2v) is 5.81. The van der Waals surface area contributed by atoms with Crippen molar-refractivity contribution < 1.29 is 19.0 Å². The van der Waals surface area contributed by atoms with Gasteiger partial charge in [0.25, 0.3) is 0 Å². The Bertz CT molecular complexity index is 841. The number of esters is 1. The first-order valence-corrected chi connectivity index (χ1v) is 7.90. The lowest BCUT2D eigenvalue weighted by molar-refractivity contribution is -0.129. The Kier molecular flexibility index (Phi) is 4.66. The van der Waals surface area contributed by atoms with E-state index in [0.717, 1.165) is 15.8 Å². The number of halogens is 1. The number of rotatable bonds is 4. The van der Waals surface area contributed by atoms with Crippen LogP contribution in [0.2, 0.25) is 0 Å². The third-order valence-corrected chi connectivity index (χ3v) is 4.06. The number of methoxy groups -OCH3 is 2. The maximum Gasteiger partial charge on any atom is 0.363 e. The van der Waals surface area contributed by atoms with E-state index in [-0.39, 0.29) is 11.6 Å². The van der Waals surface area contributed by atoms with Crippen LogP contribution in [0.5, 0.6) is 11.5 Å². The molecule has 2 aromatic carbocycles. The number of carbonyl (C=O) groups excluding carboxylic acids is 1. The van der Waals surface area contributed by atoms with Crippen LogP contribution in [0.15, 0.2) is 57.6 Å². The normalized spacial score (nSPS) is 15.2. The van der Waals surface area contributed by atoms with Crippen molar-refractivity contribution in [2.75, 3.05) is 14.2 Å². The fraction of sp³-hybridized carbons (Fsp3) is 0.111. The molecule has 0 saturated carbocycles. The van der Waals surface area contributed by atoms with Crippen molar-refractivity contribution in [2.24, 2.45) is 4.99 Å². The fourth-order valence-electron chi connectivity index (χ4n) is 2.19. The maximum atomic E-state index is 12.0. The average Bonchev–Trinajstić information content (AvgIpc) is 2.96. The topological polar surface area (TPSA) is 57.1 Å². The molecule has 0 fully saturated rings. The molecule has 0 radical (unpaired) electrons. The number of benzene rings is 2. The average molecular weight is 388 g/mol. The lowest BCUT2D eigenvalue weighted by atomic mass is 10.2. The first-order chi connectivity index (χ1) is 11.6. The molecule has 0 amide bonds. The quantitative estimate of drug-likeness (QED) is 0.591. The number of aliphatic imine (C=N–C) groups is 1. The molecular weight excluding hydrogens is 374 g/mol. The van der Waals surface area contributed by atoms with Crippen molar-refractivity contribution >= 4 is 33.9 Å². The van der Waals surface area contributed by atoms with Crippen LogP contribution in [0.1, 0.15) is 11.1 Å². The summed E-state index contributed by atoms with van der Waals surface area (Å²) < 4.78 is 16.3. The molecule has 24 heavy (non-hydrogen) atoms. The summed E-state index contributed by atoms with van der Waals surface area (Å²) in [5.74, 6) is 1.23. The molecule has 1 aliphatic heterocycles. The van der Waals surface area contributed by atoms with E-state index in [1.165, 1.54) is 0 Å². The number of ether oxygens (including phenoxy) is 3. The molecule has 0 N–H and O–H groups in total. The molecule has 6 heteroatoms. The Labute approximate surface area is 147 Å². The van der Waals surface area contributed by atoms with Crippen molar-refractivity contribution in [1.82, 2.24) is 0 Å². The highest BCUT2D eigenvalue weighted by molar-refractivity contribution is 9.10. The van der Waals surface area contributed by atoms with Crippen LogP contribution in [-0.4, -0.2) is 26.1 Å². The van der Waals surface area contributed by atoms with Gasteiger partial charge in [-0.3, -0.25) is 0 Å². The third kappa shape index (κ3) is 3.33. The molecular formula is C18H14BrNO4. The summed E-state index contributed by atoms with van der Waals surface area (Å²) >= 11 is 3.41. The van der Waals surface area contributed by atoms with Gasteiger partial charge in [-0.2, -0.15) is 0 Å². The van der Waals surface area contributed by atoms with E-state index in [1.54, 1.807) is 38.5 Å². The van der Waals surface area contributed by atoms with Gasteiger partial charge in [-0.25, -0.2) is 9.79 Å². The summed E-state index contributed by atoms with van der Waals surface area (Å²) in [6.45, 7) is 0. The van der Waals surface area contributed by atoms with E-state index in [0.29, 0.717) is 11.3 Å². The highest BCUT2D eigenvalue weighted by Gasteiger charge is 2.24. The summed E-state index contributed by atoms with van der Waals surface area (Å²) in [6, 6.07) is 12.7. The lowest BCUT2D eigenvalue weighted by Gasteiger charge is -2.05. The molecule has 0 saturated heterocycles. The van der Waals surface area contributed by atoms with Crippen molar-refractivity contribution in [3.05, 3.63) is 63.8 Å². The number of carbonyl (C=O) groups is 1. The summed E-state index contributed by atoms with van der Waals surface area (Å²) in [5.41, 5.74) is 1.78. The van der Waals surface area contributed by atoms with E-state index in [1.807, 2.05) is 24.3 Å². The zero-order chi connectivity index (χ0) is 17.1. The van der Waals surface area contributed by atoms with E-state index >= 15 is 0 Å². The Balaban J connectivity index is 1.89. The Morgan fingerprint density at radius 1 is 1.08 bits per heavy atom. The molecule has 0 aliphatic carbocycles. The van der Waals surface area contributed by atoms with Gasteiger partial charge in [0.1, 0.15) is 11.5 Å². The Morgan fingerprint density at radius 3 is 2.46 bits per heavy atom. The predicted octanol–water partition coefficient (Wildman–Crippen LogP) is 3.81. The second-order valence-electron chi connectivity index (χ2n) is 4.96. The number of hydrogen-bond acceptors (Lipinski definition) is 5. The molecule has 1 aliphatic rings. The van der Waals surface area contributed by atoms with Crippen molar-refractivity contribution in [2.45, 2.75) is 0 Å². The number of nitrogens with zero attached hydrogens (tertiary/aromatic N) is 1. The smallest absolute Gasteiger partial charge is 0.363 e. The van der Waals surface area contributed by atoms with Gasteiger partial charge in [-0.1, -0.05) is 12.1 Å². The van der Waals surface area contributed by atoms with Crippen molar-refractivity contribution in [1.29, 1.82) is 0 Å². The van der Waals surface area contributed by atoms with E-state index in [4.69, 9.17) is 14.2 Å². The molecule has 0 atom stereocenters. The molecule has 0 spiro atoms. The van der Waals surface area contributed by atoms with Crippen molar-refractivity contribution in [3.63, 3.8) is 0 Å². The van der Waals surface area contributed by atoms with E-state index in [9.17, 15) is 4.79 Å². The van der Waals surface area contributed by atoms with Gasteiger partial charge in [0.15, 0.2) is 5.70 Å². The first kappa shape index (κ1) is 16.3. The standard InChI is InChI=1S/C18H14BrNO4/c1-22-13-6-3-11(4-7-13)9-15-18(21)24-17(20-15)12-5-8-16(23-2)14(19)10-12/h3-10H,1-2H3/b15-9+. The van der Waals surface area contributed by atoms with E-state index in [2.05, 4.69) is 20.9 Å². The largest absolute Gasteiger partial charge is 0.497 e. The fourth-order valence-corrected chi connectivity index (χ4v) is 2.73. The van der Waals surface area contributed by atoms with Gasteiger partial charge in [-0.15, -0.1) is 0 Å². The van der Waals surface area contributed by atoms with Crippen LogP contribution in [-0.2, 0) is 9.53 Å². The SMILES string of the molecule is COc1ccc(/C=C2/N=C(c3ccc(OC)c(Br)c3)OC2=O)cc1. The summed E-state index contributed by atoms with van der Waals surface area (Å²) in [7, 11) is 3.19. The highest BCUT2D eigenvalue weighted by Crippen LogP contribution is 2.28. The number of hydrogen-bond donors (Lipinski definition) is 0. The minimum absolute atomic E-state index is 0.252. The van der Waals surface area contributed by atoms with Crippen LogP contribution >= 0.6 is 15.9 Å². The van der Waals surface area contributed by atoms with Gasteiger partial charge in [0.05, 0.1) is 18.7 Å². The van der Waals surface area contributed by atoms with Gasteiger partial charge in [0, 0.05) is 5.56 Å². The minimum atomic E-state index is -0.479. The van der Waals surface area contributed by atoms with Crippen LogP contribution in [0.3, 0.4) is 0 Å². The zero-order valence-corrected chi connectivity index (χ0v) is 14.7. The molecule has 0 unspecified atom stereocenters. The van der Waals surface area contributed by atoms with Gasteiger partial charge in [-0.05, 0) is 57.9 Å². The molecule has 2 aromatic rings. The summed E-state index contributed by atoms with van der Waals surface area (Å²) in [6.07, 6.45) is 1.67. The monoisotopic (exact) mass is 387 g/mol. The number of cyclic esters (lactones) is 1. The van der Waals surface area contributed by atoms with Crippen LogP contribution < -0.4 is 9.47 Å². The predicted molar refractivity (Wildman–Crippen MR) is 94.3 cm³/mol.